The summed E-state index contributed by atoms with van der Waals surface area (Å²) in [6, 6.07) is 16.6. The number of aldehydes is 1. The van der Waals surface area contributed by atoms with Gasteiger partial charge in [0.25, 0.3) is 0 Å². The van der Waals surface area contributed by atoms with Crippen molar-refractivity contribution in [2.24, 2.45) is 5.10 Å². The molecule has 1 aliphatic rings. The minimum absolute atomic E-state index is 0.0430. The number of allylic oxidation sites excluding steroid dienone is 1. The largest absolute Gasteiger partial charge is 0.305 e. The molecule has 4 nitrogen and oxygen atoms in total. The molecule has 0 aliphatic carbocycles. The quantitative estimate of drug-likeness (QED) is 0.627. The minimum Gasteiger partial charge on any atom is -0.305 e. The van der Waals surface area contributed by atoms with Gasteiger partial charge in [-0.25, -0.2) is 0 Å². The summed E-state index contributed by atoms with van der Waals surface area (Å²) in [6.45, 7) is 0.851. The predicted molar refractivity (Wildman–Crippen MR) is 96.8 cm³/mol. The number of hydrogen-bond donors (Lipinski definition) is 0. The van der Waals surface area contributed by atoms with E-state index < -0.39 is 0 Å². The van der Waals surface area contributed by atoms with Gasteiger partial charge in [0.1, 0.15) is 12.3 Å². The average molecular weight is 319 g/mol. The highest BCUT2D eigenvalue weighted by Gasteiger charge is 2.26. The number of hydrogen-bond acceptors (Lipinski definition) is 4. The van der Waals surface area contributed by atoms with Crippen LogP contribution in [0.1, 0.15) is 28.3 Å². The summed E-state index contributed by atoms with van der Waals surface area (Å²) in [6.07, 6.45) is 5.83. The lowest BCUT2D eigenvalue weighted by molar-refractivity contribution is -0.104. The summed E-state index contributed by atoms with van der Waals surface area (Å²) >= 11 is 0. The fourth-order valence-electron chi connectivity index (χ4n) is 3.06. The third-order valence-corrected chi connectivity index (χ3v) is 4.04. The van der Waals surface area contributed by atoms with E-state index in [2.05, 4.69) is 60.5 Å². The molecule has 0 radical (unpaired) electrons. The molecule has 4 heteroatoms. The second kappa shape index (κ2) is 7.23. The van der Waals surface area contributed by atoms with Crippen molar-refractivity contribution in [2.75, 3.05) is 14.1 Å². The van der Waals surface area contributed by atoms with Gasteiger partial charge in [-0.15, -0.1) is 0 Å². The van der Waals surface area contributed by atoms with E-state index in [0.29, 0.717) is 0 Å². The number of carbonyl (C=O) groups excluding carboxylic acids is 1. The Hall–Kier alpha value is -2.72. The second-order valence-corrected chi connectivity index (χ2v) is 6.07. The van der Waals surface area contributed by atoms with Gasteiger partial charge in [0, 0.05) is 18.3 Å². The normalized spacial score (nSPS) is 16.6. The molecule has 1 unspecified atom stereocenters. The highest BCUT2D eigenvalue weighted by molar-refractivity contribution is 5.83. The van der Waals surface area contributed by atoms with Crippen molar-refractivity contribution in [3.05, 3.63) is 83.1 Å². The summed E-state index contributed by atoms with van der Waals surface area (Å²) in [4.78, 5) is 12.9. The van der Waals surface area contributed by atoms with Gasteiger partial charge in [0.2, 0.25) is 0 Å². The SMILES string of the molecule is CN(C)Cc1ccccc1C1c2ccccc2C=NN1C=CC=O. The Labute approximate surface area is 142 Å². The molecule has 0 N–H and O–H groups in total. The van der Waals surface area contributed by atoms with Crippen molar-refractivity contribution in [3.8, 4) is 0 Å². The molecule has 24 heavy (non-hydrogen) atoms. The topological polar surface area (TPSA) is 35.9 Å². The van der Waals surface area contributed by atoms with Crippen molar-refractivity contribution in [1.82, 2.24) is 9.91 Å². The first-order valence-corrected chi connectivity index (χ1v) is 7.96. The molecule has 0 saturated carbocycles. The van der Waals surface area contributed by atoms with Crippen LogP contribution in [0.25, 0.3) is 0 Å². The van der Waals surface area contributed by atoms with Crippen molar-refractivity contribution in [1.29, 1.82) is 0 Å². The summed E-state index contributed by atoms with van der Waals surface area (Å²) in [5, 5.41) is 6.39. The molecule has 1 atom stereocenters. The molecule has 2 aromatic rings. The Balaban J connectivity index is 2.12. The molecule has 3 rings (SSSR count). The van der Waals surface area contributed by atoms with Gasteiger partial charge in [-0.05, 0) is 36.9 Å². The Morgan fingerprint density at radius 3 is 2.54 bits per heavy atom. The molecule has 0 aromatic heterocycles. The first-order valence-electron chi connectivity index (χ1n) is 7.96. The lowest BCUT2D eigenvalue weighted by Gasteiger charge is -2.33. The lowest BCUT2D eigenvalue weighted by atomic mass is 9.90. The average Bonchev–Trinajstić information content (AvgIpc) is 2.59. The number of benzene rings is 2. The minimum atomic E-state index is -0.0430. The van der Waals surface area contributed by atoms with Crippen molar-refractivity contribution in [2.45, 2.75) is 12.6 Å². The van der Waals surface area contributed by atoms with E-state index in [1.807, 2.05) is 23.4 Å². The Kier molecular flexibility index (Phi) is 4.87. The van der Waals surface area contributed by atoms with Crippen LogP contribution < -0.4 is 0 Å². The summed E-state index contributed by atoms with van der Waals surface area (Å²) in [5.74, 6) is 0. The van der Waals surface area contributed by atoms with Crippen LogP contribution in [0.2, 0.25) is 0 Å². The summed E-state index contributed by atoms with van der Waals surface area (Å²) in [5.41, 5.74) is 4.75. The molecular weight excluding hydrogens is 298 g/mol. The first-order chi connectivity index (χ1) is 11.7. The highest BCUT2D eigenvalue weighted by atomic mass is 16.1. The number of rotatable bonds is 5. The highest BCUT2D eigenvalue weighted by Crippen LogP contribution is 2.35. The van der Waals surface area contributed by atoms with Gasteiger partial charge in [0.15, 0.2) is 0 Å². The molecule has 0 saturated heterocycles. The maximum atomic E-state index is 10.8. The van der Waals surface area contributed by atoms with Gasteiger partial charge in [-0.3, -0.25) is 9.80 Å². The molecule has 1 heterocycles. The zero-order valence-corrected chi connectivity index (χ0v) is 14.0. The van der Waals surface area contributed by atoms with Crippen molar-refractivity contribution >= 4 is 12.5 Å². The predicted octanol–water partition coefficient (Wildman–Crippen LogP) is 3.20. The van der Waals surface area contributed by atoms with E-state index in [0.717, 1.165) is 18.4 Å². The van der Waals surface area contributed by atoms with E-state index in [1.165, 1.54) is 22.8 Å². The zero-order valence-electron chi connectivity index (χ0n) is 14.0. The Morgan fingerprint density at radius 1 is 1.08 bits per heavy atom. The number of nitrogens with zero attached hydrogens (tertiary/aromatic N) is 3. The molecule has 0 amide bonds. The van der Waals surface area contributed by atoms with Crippen LogP contribution in [-0.4, -0.2) is 36.5 Å². The van der Waals surface area contributed by atoms with Crippen molar-refractivity contribution < 1.29 is 4.79 Å². The maximum absolute atomic E-state index is 10.8. The first kappa shape index (κ1) is 16.1. The molecular formula is C20H21N3O. The third kappa shape index (κ3) is 3.29. The van der Waals surface area contributed by atoms with Crippen LogP contribution >= 0.6 is 0 Å². The van der Waals surface area contributed by atoms with E-state index in [9.17, 15) is 4.79 Å². The van der Waals surface area contributed by atoms with Gasteiger partial charge in [-0.1, -0.05) is 48.5 Å². The Morgan fingerprint density at radius 2 is 1.79 bits per heavy atom. The molecule has 122 valence electrons. The number of fused-ring (bicyclic) bond motifs is 1. The van der Waals surface area contributed by atoms with E-state index in [-0.39, 0.29) is 6.04 Å². The van der Waals surface area contributed by atoms with Crippen LogP contribution in [0, 0.1) is 0 Å². The fraction of sp³-hybridized carbons (Fsp3) is 0.200. The van der Waals surface area contributed by atoms with Gasteiger partial charge in [0.05, 0.1) is 6.21 Å². The standard InChI is InChI=1S/C20H21N3O/c1-22(2)15-17-9-4-6-11-19(17)20-18-10-5-3-8-16(18)14-21-23(20)12-7-13-24/h3-14,20H,15H2,1-2H3. The van der Waals surface area contributed by atoms with Gasteiger partial charge < -0.3 is 4.90 Å². The molecule has 2 aromatic carbocycles. The van der Waals surface area contributed by atoms with E-state index >= 15 is 0 Å². The van der Waals surface area contributed by atoms with Crippen LogP contribution in [-0.2, 0) is 11.3 Å². The summed E-state index contributed by atoms with van der Waals surface area (Å²) in [7, 11) is 4.13. The number of carbonyl (C=O) groups is 1. The van der Waals surface area contributed by atoms with Crippen LogP contribution in [0.15, 0.2) is 65.9 Å². The van der Waals surface area contributed by atoms with E-state index in [4.69, 9.17) is 0 Å². The monoisotopic (exact) mass is 319 g/mol. The zero-order chi connectivity index (χ0) is 16.9. The molecule has 0 spiro atoms. The third-order valence-electron chi connectivity index (χ3n) is 4.04. The summed E-state index contributed by atoms with van der Waals surface area (Å²) < 4.78 is 0. The second-order valence-electron chi connectivity index (χ2n) is 6.07. The van der Waals surface area contributed by atoms with E-state index in [1.54, 1.807) is 6.20 Å². The molecule has 1 aliphatic heterocycles. The molecule has 0 bridgehead atoms. The van der Waals surface area contributed by atoms with Crippen LogP contribution in [0.3, 0.4) is 0 Å². The van der Waals surface area contributed by atoms with Gasteiger partial charge in [-0.2, -0.15) is 5.10 Å². The fourth-order valence-corrected chi connectivity index (χ4v) is 3.06. The van der Waals surface area contributed by atoms with Crippen LogP contribution in [0.4, 0.5) is 0 Å². The van der Waals surface area contributed by atoms with Gasteiger partial charge >= 0.3 is 0 Å². The van der Waals surface area contributed by atoms with Crippen molar-refractivity contribution in [3.63, 3.8) is 0 Å². The smallest absolute Gasteiger partial charge is 0.144 e. The molecule has 0 fully saturated rings. The lowest BCUT2D eigenvalue weighted by Crippen LogP contribution is -2.26. The Bertz CT molecular complexity index is 780. The van der Waals surface area contributed by atoms with Crippen LogP contribution in [0.5, 0.6) is 0 Å². The maximum Gasteiger partial charge on any atom is 0.144 e. The number of hydrazone groups is 1.